The molecule has 25 heavy (non-hydrogen) atoms. The van der Waals surface area contributed by atoms with Crippen LogP contribution in [0.15, 0.2) is 66.0 Å². The number of benzene rings is 2. The highest BCUT2D eigenvalue weighted by atomic mass is 35.5. The van der Waals surface area contributed by atoms with E-state index in [1.165, 1.54) is 4.88 Å². The van der Waals surface area contributed by atoms with E-state index >= 15 is 0 Å². The molecule has 1 atom stereocenters. The number of nitrogens with one attached hydrogen (secondary N) is 2. The molecule has 1 amide bonds. The van der Waals surface area contributed by atoms with Crippen molar-refractivity contribution in [2.75, 3.05) is 11.9 Å². The van der Waals surface area contributed by atoms with E-state index in [1.807, 2.05) is 54.8 Å². The summed E-state index contributed by atoms with van der Waals surface area (Å²) in [5.74, 6) is -0.0946. The number of amides is 1. The number of hydrogen-bond acceptors (Lipinski definition) is 3. The Morgan fingerprint density at radius 3 is 2.60 bits per heavy atom. The monoisotopic (exact) mass is 370 g/mol. The SMILES string of the molecule is Cc1c(Cl)cccc1NC(=O)CN[C@H](c1ccccc1)c1cccs1. The normalized spacial score (nSPS) is 11.9. The van der Waals surface area contributed by atoms with Gasteiger partial charge in [0.2, 0.25) is 5.91 Å². The van der Waals surface area contributed by atoms with Gasteiger partial charge in [-0.25, -0.2) is 0 Å². The summed E-state index contributed by atoms with van der Waals surface area (Å²) < 4.78 is 0. The summed E-state index contributed by atoms with van der Waals surface area (Å²) in [5.41, 5.74) is 2.75. The molecule has 0 unspecified atom stereocenters. The van der Waals surface area contributed by atoms with Crippen molar-refractivity contribution < 1.29 is 4.79 Å². The van der Waals surface area contributed by atoms with Crippen LogP contribution in [-0.2, 0) is 4.79 Å². The van der Waals surface area contributed by atoms with Gasteiger partial charge in [-0.1, -0.05) is 54.1 Å². The molecule has 3 aromatic rings. The van der Waals surface area contributed by atoms with Gasteiger partial charge in [0.05, 0.1) is 12.6 Å². The molecule has 3 rings (SSSR count). The minimum atomic E-state index is -0.0946. The Morgan fingerprint density at radius 1 is 1.08 bits per heavy atom. The molecular formula is C20H19ClN2OS. The third kappa shape index (κ3) is 4.48. The molecule has 0 aliphatic rings. The molecule has 1 heterocycles. The highest BCUT2D eigenvalue weighted by Crippen LogP contribution is 2.26. The van der Waals surface area contributed by atoms with Crippen molar-refractivity contribution in [3.63, 3.8) is 0 Å². The summed E-state index contributed by atoms with van der Waals surface area (Å²) >= 11 is 7.78. The lowest BCUT2D eigenvalue weighted by Crippen LogP contribution is -2.31. The molecule has 0 bridgehead atoms. The Balaban J connectivity index is 1.69. The zero-order valence-corrected chi connectivity index (χ0v) is 15.4. The number of carbonyl (C=O) groups is 1. The first-order chi connectivity index (χ1) is 12.1. The van der Waals surface area contributed by atoms with Gasteiger partial charge in [0, 0.05) is 15.6 Å². The van der Waals surface area contributed by atoms with E-state index in [9.17, 15) is 4.79 Å². The largest absolute Gasteiger partial charge is 0.325 e. The second-order valence-corrected chi connectivity index (χ2v) is 7.09. The van der Waals surface area contributed by atoms with Crippen molar-refractivity contribution in [3.8, 4) is 0 Å². The lowest BCUT2D eigenvalue weighted by atomic mass is 10.1. The molecule has 5 heteroatoms. The molecule has 128 valence electrons. The molecule has 2 aromatic carbocycles. The fourth-order valence-corrected chi connectivity index (χ4v) is 3.62. The van der Waals surface area contributed by atoms with Gasteiger partial charge in [-0.2, -0.15) is 0 Å². The predicted molar refractivity (Wildman–Crippen MR) is 105 cm³/mol. The van der Waals surface area contributed by atoms with Crippen molar-refractivity contribution >= 4 is 34.5 Å². The predicted octanol–water partition coefficient (Wildman–Crippen LogP) is 5.03. The van der Waals surface area contributed by atoms with Crippen molar-refractivity contribution in [1.29, 1.82) is 0 Å². The van der Waals surface area contributed by atoms with Crippen LogP contribution in [0.1, 0.15) is 22.0 Å². The first-order valence-electron chi connectivity index (χ1n) is 8.02. The third-order valence-corrected chi connectivity index (χ3v) is 5.32. The van der Waals surface area contributed by atoms with Gasteiger partial charge in [-0.05, 0) is 41.6 Å². The summed E-state index contributed by atoms with van der Waals surface area (Å²) in [7, 11) is 0. The van der Waals surface area contributed by atoms with Crippen LogP contribution in [0.2, 0.25) is 5.02 Å². The second-order valence-electron chi connectivity index (χ2n) is 5.70. The number of carbonyl (C=O) groups excluding carboxylic acids is 1. The van der Waals surface area contributed by atoms with E-state index in [0.29, 0.717) is 5.02 Å². The highest BCUT2D eigenvalue weighted by Gasteiger charge is 2.16. The lowest BCUT2D eigenvalue weighted by Gasteiger charge is -2.18. The molecule has 3 nitrogen and oxygen atoms in total. The van der Waals surface area contributed by atoms with Crippen molar-refractivity contribution in [3.05, 3.63) is 87.1 Å². The van der Waals surface area contributed by atoms with E-state index in [-0.39, 0.29) is 18.5 Å². The maximum Gasteiger partial charge on any atom is 0.238 e. The van der Waals surface area contributed by atoms with E-state index < -0.39 is 0 Å². The molecular weight excluding hydrogens is 352 g/mol. The number of rotatable bonds is 6. The third-order valence-electron chi connectivity index (χ3n) is 3.97. The van der Waals surface area contributed by atoms with Crippen LogP contribution in [0.3, 0.4) is 0 Å². The van der Waals surface area contributed by atoms with Gasteiger partial charge < -0.3 is 5.32 Å². The van der Waals surface area contributed by atoms with Gasteiger partial charge in [-0.3, -0.25) is 10.1 Å². The maximum atomic E-state index is 12.4. The van der Waals surface area contributed by atoms with Gasteiger partial charge in [0.25, 0.3) is 0 Å². The Kier molecular flexibility index (Phi) is 5.87. The Bertz CT molecular complexity index is 834. The van der Waals surface area contributed by atoms with Gasteiger partial charge in [0.1, 0.15) is 0 Å². The van der Waals surface area contributed by atoms with Gasteiger partial charge >= 0.3 is 0 Å². The van der Waals surface area contributed by atoms with Crippen LogP contribution in [0.4, 0.5) is 5.69 Å². The van der Waals surface area contributed by atoms with E-state index in [2.05, 4.69) is 28.8 Å². The van der Waals surface area contributed by atoms with Crippen molar-refractivity contribution in [2.45, 2.75) is 13.0 Å². The molecule has 1 aromatic heterocycles. The number of hydrogen-bond donors (Lipinski definition) is 2. The van der Waals surface area contributed by atoms with Crippen LogP contribution in [0.5, 0.6) is 0 Å². The molecule has 0 saturated carbocycles. The number of halogens is 1. The molecule has 2 N–H and O–H groups in total. The molecule has 0 fully saturated rings. The average Bonchev–Trinajstić information content (AvgIpc) is 3.14. The molecule has 0 saturated heterocycles. The number of anilines is 1. The molecule has 0 spiro atoms. The minimum absolute atomic E-state index is 0.00703. The van der Waals surface area contributed by atoms with E-state index in [1.54, 1.807) is 11.3 Å². The van der Waals surface area contributed by atoms with Crippen LogP contribution in [0, 0.1) is 6.92 Å². The summed E-state index contributed by atoms with van der Waals surface area (Å²) in [4.78, 5) is 13.5. The van der Waals surface area contributed by atoms with Crippen LogP contribution in [-0.4, -0.2) is 12.5 Å². The molecule has 0 aliphatic heterocycles. The summed E-state index contributed by atoms with van der Waals surface area (Å²) in [6.07, 6.45) is 0. The van der Waals surface area contributed by atoms with Crippen LogP contribution >= 0.6 is 22.9 Å². The maximum absolute atomic E-state index is 12.4. The fourth-order valence-electron chi connectivity index (χ4n) is 2.62. The zero-order valence-electron chi connectivity index (χ0n) is 13.8. The summed E-state index contributed by atoms with van der Waals surface area (Å²) in [5, 5.41) is 8.97. The highest BCUT2D eigenvalue weighted by molar-refractivity contribution is 7.10. The lowest BCUT2D eigenvalue weighted by molar-refractivity contribution is -0.115. The van der Waals surface area contributed by atoms with Crippen LogP contribution < -0.4 is 10.6 Å². The Labute approximate surface area is 156 Å². The van der Waals surface area contributed by atoms with E-state index in [0.717, 1.165) is 16.8 Å². The zero-order chi connectivity index (χ0) is 17.6. The quantitative estimate of drug-likeness (QED) is 0.639. The van der Waals surface area contributed by atoms with E-state index in [4.69, 9.17) is 11.6 Å². The summed E-state index contributed by atoms with van der Waals surface area (Å²) in [6.45, 7) is 2.10. The van der Waals surface area contributed by atoms with Gasteiger partial charge in [-0.15, -0.1) is 11.3 Å². The molecule has 0 aliphatic carbocycles. The fraction of sp³-hybridized carbons (Fsp3) is 0.150. The smallest absolute Gasteiger partial charge is 0.238 e. The van der Waals surface area contributed by atoms with Crippen molar-refractivity contribution in [1.82, 2.24) is 5.32 Å². The Morgan fingerprint density at radius 2 is 1.88 bits per heavy atom. The average molecular weight is 371 g/mol. The van der Waals surface area contributed by atoms with Gasteiger partial charge in [0.15, 0.2) is 0 Å². The minimum Gasteiger partial charge on any atom is -0.325 e. The van der Waals surface area contributed by atoms with Crippen LogP contribution in [0.25, 0.3) is 0 Å². The molecule has 0 radical (unpaired) electrons. The first kappa shape index (κ1) is 17.7. The number of thiophene rings is 1. The standard InChI is InChI=1S/C20H19ClN2OS/c1-14-16(21)9-5-10-17(14)23-19(24)13-22-20(18-11-6-12-25-18)15-7-3-2-4-8-15/h2-12,20,22H,13H2,1H3,(H,23,24)/t20-/m1/s1. The first-order valence-corrected chi connectivity index (χ1v) is 9.27. The summed E-state index contributed by atoms with van der Waals surface area (Å²) in [6, 6.07) is 19.7. The second kappa shape index (κ2) is 8.30. The van der Waals surface area contributed by atoms with Crippen molar-refractivity contribution in [2.24, 2.45) is 0 Å². The topological polar surface area (TPSA) is 41.1 Å². The Hall–Kier alpha value is -2.14.